The van der Waals surface area contributed by atoms with Crippen LogP contribution < -0.4 is 10.7 Å². The quantitative estimate of drug-likeness (QED) is 0.374. The van der Waals surface area contributed by atoms with Crippen LogP contribution in [0.1, 0.15) is 32.7 Å². The first-order valence-corrected chi connectivity index (χ1v) is 11.1. The Morgan fingerprint density at radius 3 is 2.12 bits per heavy atom. The number of pyridine rings is 1. The van der Waals surface area contributed by atoms with Crippen molar-refractivity contribution in [2.75, 3.05) is 5.32 Å². The van der Waals surface area contributed by atoms with E-state index in [9.17, 15) is 9.59 Å². The fraction of sp³-hybridized carbons (Fsp3) is 0.143. The average Bonchev–Trinajstić information content (AvgIpc) is 2.76. The van der Waals surface area contributed by atoms with Crippen molar-refractivity contribution in [2.24, 2.45) is 0 Å². The van der Waals surface area contributed by atoms with Gasteiger partial charge in [-0.05, 0) is 62.6 Å². The van der Waals surface area contributed by atoms with Gasteiger partial charge < -0.3 is 9.88 Å². The summed E-state index contributed by atoms with van der Waals surface area (Å²) < 4.78 is 1.93. The zero-order chi connectivity index (χ0) is 23.7. The lowest BCUT2D eigenvalue weighted by Gasteiger charge is -2.22. The minimum Gasteiger partial charge on any atom is -0.321 e. The normalized spacial score (nSPS) is 10.8. The zero-order valence-corrected chi connectivity index (χ0v) is 19.8. The lowest BCUT2D eigenvalue weighted by molar-refractivity contribution is 0.102. The highest BCUT2D eigenvalue weighted by atomic mass is 35.5. The number of carbonyl (C=O) groups excluding carboxylic acids is 1. The first-order valence-electron chi connectivity index (χ1n) is 10.7. The molecule has 1 aromatic heterocycles. The number of amides is 1. The van der Waals surface area contributed by atoms with E-state index in [-0.39, 0.29) is 11.0 Å². The van der Waals surface area contributed by atoms with Gasteiger partial charge in [0.2, 0.25) is 0 Å². The molecule has 0 atom stereocenters. The van der Waals surface area contributed by atoms with Crippen LogP contribution >= 0.6 is 11.6 Å². The summed E-state index contributed by atoms with van der Waals surface area (Å²) in [5.41, 5.74) is 6.15. The van der Waals surface area contributed by atoms with Crippen LogP contribution in [-0.2, 0) is 0 Å². The van der Waals surface area contributed by atoms with Crippen molar-refractivity contribution in [3.63, 3.8) is 0 Å². The summed E-state index contributed by atoms with van der Waals surface area (Å²) in [6.45, 7) is 7.70. The van der Waals surface area contributed by atoms with E-state index >= 15 is 0 Å². The van der Waals surface area contributed by atoms with Crippen molar-refractivity contribution in [1.82, 2.24) is 4.57 Å². The summed E-state index contributed by atoms with van der Waals surface area (Å²) in [7, 11) is 0. The van der Waals surface area contributed by atoms with Crippen LogP contribution in [0.15, 0.2) is 77.6 Å². The summed E-state index contributed by atoms with van der Waals surface area (Å²) >= 11 is 6.30. The summed E-state index contributed by atoms with van der Waals surface area (Å²) in [4.78, 5) is 27.0. The van der Waals surface area contributed by atoms with Gasteiger partial charge >= 0.3 is 0 Å². The third-order valence-corrected chi connectivity index (χ3v) is 6.05. The van der Waals surface area contributed by atoms with E-state index in [4.69, 9.17) is 11.6 Å². The lowest BCUT2D eigenvalue weighted by Crippen LogP contribution is -2.27. The lowest BCUT2D eigenvalue weighted by atomic mass is 9.98. The smallest absolute Gasteiger partial charge is 0.261 e. The van der Waals surface area contributed by atoms with Crippen molar-refractivity contribution >= 4 is 23.2 Å². The molecule has 0 aliphatic rings. The van der Waals surface area contributed by atoms with Crippen molar-refractivity contribution in [1.29, 1.82) is 0 Å². The maximum Gasteiger partial charge on any atom is 0.261 e. The zero-order valence-electron chi connectivity index (χ0n) is 19.1. The topological polar surface area (TPSA) is 51.1 Å². The molecule has 0 saturated heterocycles. The number of nitrogens with zero attached hydrogens (tertiary/aromatic N) is 1. The molecule has 166 valence electrons. The van der Waals surface area contributed by atoms with Gasteiger partial charge in [0.1, 0.15) is 5.56 Å². The van der Waals surface area contributed by atoms with Gasteiger partial charge in [-0.2, -0.15) is 0 Å². The second kappa shape index (κ2) is 9.08. The third-order valence-electron chi connectivity index (χ3n) is 5.81. The van der Waals surface area contributed by atoms with Crippen molar-refractivity contribution in [3.05, 3.63) is 116 Å². The maximum atomic E-state index is 13.7. The number of aromatic nitrogens is 1. The van der Waals surface area contributed by atoms with Gasteiger partial charge in [-0.15, -0.1) is 0 Å². The van der Waals surface area contributed by atoms with E-state index in [1.54, 1.807) is 6.07 Å². The van der Waals surface area contributed by atoms with Gasteiger partial charge in [0, 0.05) is 33.7 Å². The van der Waals surface area contributed by atoms with Crippen molar-refractivity contribution in [2.45, 2.75) is 27.7 Å². The molecule has 4 nitrogen and oxygen atoms in total. The summed E-state index contributed by atoms with van der Waals surface area (Å²) in [5.74, 6) is -0.438. The molecule has 33 heavy (non-hydrogen) atoms. The van der Waals surface area contributed by atoms with E-state index in [0.29, 0.717) is 22.1 Å². The molecule has 4 rings (SSSR count). The molecule has 0 radical (unpaired) electrons. The molecular formula is C28H25ClN2O2. The molecule has 0 aliphatic heterocycles. The first-order chi connectivity index (χ1) is 15.8. The fourth-order valence-corrected chi connectivity index (χ4v) is 4.36. The average molecular weight is 457 g/mol. The molecule has 1 N–H and O–H groups in total. The van der Waals surface area contributed by atoms with Crippen molar-refractivity contribution in [3.8, 4) is 16.9 Å². The highest BCUT2D eigenvalue weighted by Gasteiger charge is 2.24. The third kappa shape index (κ3) is 4.35. The molecule has 0 spiro atoms. The number of hydrogen-bond acceptors (Lipinski definition) is 2. The highest BCUT2D eigenvalue weighted by Crippen LogP contribution is 2.31. The molecule has 1 amide bonds. The molecular weight excluding hydrogens is 432 g/mol. The molecule has 3 aromatic carbocycles. The Bertz CT molecular complexity index is 1420. The Morgan fingerprint density at radius 1 is 0.818 bits per heavy atom. The molecule has 4 aromatic rings. The monoisotopic (exact) mass is 456 g/mol. The van der Waals surface area contributed by atoms with Crippen LogP contribution in [0.4, 0.5) is 5.69 Å². The van der Waals surface area contributed by atoms with Crippen LogP contribution in [0, 0.1) is 27.7 Å². The van der Waals surface area contributed by atoms with E-state index in [0.717, 1.165) is 27.9 Å². The van der Waals surface area contributed by atoms with Crippen LogP contribution in [0.25, 0.3) is 16.9 Å². The molecule has 0 bridgehead atoms. The largest absolute Gasteiger partial charge is 0.321 e. The Hall–Kier alpha value is -3.63. The van der Waals surface area contributed by atoms with E-state index in [1.807, 2.05) is 92.9 Å². The molecule has 1 heterocycles. The molecule has 5 heteroatoms. The predicted octanol–water partition coefficient (Wildman–Crippen LogP) is 6.64. The number of benzene rings is 3. The van der Waals surface area contributed by atoms with Gasteiger partial charge in [-0.3, -0.25) is 9.59 Å². The predicted molar refractivity (Wildman–Crippen MR) is 136 cm³/mol. The minimum absolute atomic E-state index is 0.0949. The summed E-state index contributed by atoms with van der Waals surface area (Å²) in [5, 5.41) is 3.57. The molecule has 0 fully saturated rings. The van der Waals surface area contributed by atoms with Crippen LogP contribution in [-0.4, -0.2) is 10.5 Å². The first kappa shape index (κ1) is 22.6. The van der Waals surface area contributed by atoms with Crippen LogP contribution in [0.5, 0.6) is 0 Å². The Balaban J connectivity index is 2.03. The van der Waals surface area contributed by atoms with Crippen molar-refractivity contribution < 1.29 is 4.79 Å². The van der Waals surface area contributed by atoms with Gasteiger partial charge in [-0.1, -0.05) is 60.1 Å². The second-order valence-corrected chi connectivity index (χ2v) is 8.66. The number of anilines is 1. The molecule has 0 unspecified atom stereocenters. The number of halogens is 1. The van der Waals surface area contributed by atoms with Gasteiger partial charge in [-0.25, -0.2) is 0 Å². The number of carbonyl (C=O) groups is 1. The van der Waals surface area contributed by atoms with Gasteiger partial charge in [0.05, 0.1) is 5.69 Å². The second-order valence-electron chi connectivity index (χ2n) is 8.22. The molecule has 0 saturated carbocycles. The standard InChI is InChI=1S/C28H25ClN2O2/c1-17-9-5-6-14-23(17)27-25(28(33)30-26-18(2)10-7-11-19(26)3)24(32)15-20(4)31(27)22-13-8-12-21(29)16-22/h5-16H,1-4H3,(H,30,33). The Labute approximate surface area is 198 Å². The fourth-order valence-electron chi connectivity index (χ4n) is 4.18. The number of nitrogens with one attached hydrogen (secondary N) is 1. The van der Waals surface area contributed by atoms with Crippen LogP contribution in [0.3, 0.4) is 0 Å². The Kier molecular flexibility index (Phi) is 6.21. The number of aryl methyl sites for hydroxylation is 4. The van der Waals surface area contributed by atoms with Gasteiger partial charge in [0.15, 0.2) is 5.43 Å². The van der Waals surface area contributed by atoms with Gasteiger partial charge in [0.25, 0.3) is 5.91 Å². The SMILES string of the molecule is Cc1ccccc1-c1c(C(=O)Nc2c(C)cccc2C)c(=O)cc(C)n1-c1cccc(Cl)c1. The van der Waals surface area contributed by atoms with E-state index in [1.165, 1.54) is 6.07 Å². The number of rotatable bonds is 4. The highest BCUT2D eigenvalue weighted by molar-refractivity contribution is 6.30. The Morgan fingerprint density at radius 2 is 1.45 bits per heavy atom. The number of hydrogen-bond donors (Lipinski definition) is 1. The van der Waals surface area contributed by atoms with E-state index < -0.39 is 5.91 Å². The molecule has 0 aliphatic carbocycles. The van der Waals surface area contributed by atoms with E-state index in [2.05, 4.69) is 5.32 Å². The van der Waals surface area contributed by atoms with Crippen LogP contribution in [0.2, 0.25) is 5.02 Å². The maximum absolute atomic E-state index is 13.7. The number of para-hydroxylation sites is 1. The minimum atomic E-state index is -0.438. The summed E-state index contributed by atoms with van der Waals surface area (Å²) in [6, 6.07) is 22.5. The summed E-state index contributed by atoms with van der Waals surface area (Å²) in [6.07, 6.45) is 0.